The second kappa shape index (κ2) is 13.9. The minimum absolute atomic E-state index is 0.104. The maximum atomic E-state index is 14.9. The molecule has 0 aromatic rings. The van der Waals surface area contributed by atoms with Gasteiger partial charge >= 0.3 is 11.9 Å². The Morgan fingerprint density at radius 1 is 0.930 bits per heavy atom. The largest absolute Gasteiger partial charge is 0.466 e. The van der Waals surface area contributed by atoms with E-state index in [4.69, 9.17) is 28.1 Å². The summed E-state index contributed by atoms with van der Waals surface area (Å²) in [6, 6.07) is 0. The van der Waals surface area contributed by atoms with Crippen LogP contribution in [0.4, 0.5) is 0 Å². The van der Waals surface area contributed by atoms with E-state index < -0.39 is 49.8 Å². The molecule has 4 bridgehead atoms. The fourth-order valence-corrected chi connectivity index (χ4v) is 8.89. The lowest BCUT2D eigenvalue weighted by Crippen LogP contribution is -2.74. The van der Waals surface area contributed by atoms with E-state index in [0.29, 0.717) is 26.1 Å². The molecule has 9 nitrogen and oxygen atoms in total. The zero-order valence-corrected chi connectivity index (χ0v) is 27.9. The molecule has 5 rings (SSSR count). The van der Waals surface area contributed by atoms with Crippen molar-refractivity contribution in [1.82, 2.24) is 0 Å². The molecule has 2 saturated heterocycles. The van der Waals surface area contributed by atoms with Crippen molar-refractivity contribution in [3.63, 3.8) is 0 Å². The Morgan fingerprint density at radius 3 is 2.16 bits per heavy atom. The second-order valence-corrected chi connectivity index (χ2v) is 17.4. The highest BCUT2D eigenvalue weighted by Crippen LogP contribution is 2.63. The highest BCUT2D eigenvalue weighted by Gasteiger charge is 2.73. The van der Waals surface area contributed by atoms with E-state index >= 15 is 0 Å². The van der Waals surface area contributed by atoms with Crippen LogP contribution in [0.15, 0.2) is 35.5 Å². The minimum atomic E-state index is -2.47. The van der Waals surface area contributed by atoms with Crippen molar-refractivity contribution in [3.8, 4) is 0 Å². The van der Waals surface area contributed by atoms with E-state index in [0.717, 1.165) is 38.5 Å². The highest BCUT2D eigenvalue weighted by atomic mass is 28.4. The van der Waals surface area contributed by atoms with Gasteiger partial charge in [0.2, 0.25) is 5.79 Å². The second-order valence-electron chi connectivity index (χ2n) is 13.0. The van der Waals surface area contributed by atoms with Gasteiger partial charge in [-0.1, -0.05) is 37.1 Å². The van der Waals surface area contributed by atoms with Crippen LogP contribution >= 0.6 is 0 Å². The lowest BCUT2D eigenvalue weighted by Gasteiger charge is -2.63. The molecule has 6 atom stereocenters. The van der Waals surface area contributed by atoms with E-state index in [1.165, 1.54) is 14.2 Å². The molecular weight excluding hydrogens is 568 g/mol. The van der Waals surface area contributed by atoms with Crippen molar-refractivity contribution in [2.24, 2.45) is 23.7 Å². The molecule has 240 valence electrons. The number of ether oxygens (including phenoxy) is 5. The molecule has 2 heterocycles. The van der Waals surface area contributed by atoms with Crippen LogP contribution in [0.25, 0.3) is 0 Å². The molecular formula is C33H50O9Si. The van der Waals surface area contributed by atoms with Gasteiger partial charge in [-0.15, -0.1) is 0 Å². The molecule has 0 aromatic heterocycles. The van der Waals surface area contributed by atoms with Gasteiger partial charge in [-0.2, -0.15) is 0 Å². The van der Waals surface area contributed by atoms with Gasteiger partial charge in [-0.3, -0.25) is 4.79 Å². The molecule has 2 aliphatic heterocycles. The van der Waals surface area contributed by atoms with Gasteiger partial charge in [0.25, 0.3) is 0 Å². The first-order valence-electron chi connectivity index (χ1n) is 15.8. The number of Topliss-reactive ketones (excluding diaryl/α,β-unsaturated/α-hetero) is 1. The van der Waals surface area contributed by atoms with E-state index in [2.05, 4.69) is 18.2 Å². The Balaban J connectivity index is 1.85. The maximum Gasteiger partial charge on any atom is 0.335 e. The summed E-state index contributed by atoms with van der Waals surface area (Å²) in [5.74, 6) is -6.53. The van der Waals surface area contributed by atoms with E-state index in [1.807, 2.05) is 39.6 Å². The fourth-order valence-electron chi connectivity index (χ4n) is 7.71. The van der Waals surface area contributed by atoms with Crippen LogP contribution in [-0.4, -0.2) is 71.2 Å². The quantitative estimate of drug-likeness (QED) is 0.106. The third-order valence-electron chi connectivity index (χ3n) is 9.23. The number of carbonyl (C=O) groups is 3. The van der Waals surface area contributed by atoms with Crippen LogP contribution < -0.4 is 0 Å². The van der Waals surface area contributed by atoms with Crippen molar-refractivity contribution in [1.29, 1.82) is 0 Å². The molecule has 10 heteroatoms. The molecule has 0 aromatic carbocycles. The molecule has 1 saturated carbocycles. The monoisotopic (exact) mass is 618 g/mol. The molecule has 0 spiro atoms. The van der Waals surface area contributed by atoms with Crippen LogP contribution in [0, 0.1) is 23.7 Å². The van der Waals surface area contributed by atoms with E-state index in [9.17, 15) is 14.4 Å². The molecule has 0 radical (unpaired) electrons. The topological polar surface area (TPSA) is 107 Å². The number of methoxy groups -OCH3 is 2. The smallest absolute Gasteiger partial charge is 0.335 e. The fraction of sp³-hybridized carbons (Fsp3) is 0.727. The van der Waals surface area contributed by atoms with E-state index in [1.54, 1.807) is 0 Å². The number of hydrogen-bond acceptors (Lipinski definition) is 9. The summed E-state index contributed by atoms with van der Waals surface area (Å²) in [5, 5.41) is 0. The SMILES string of the molecule is C/C=C/CCCCC[C@H]1[C@@H]2C(=O)[C@]3(O[Si](C)(C)C)O[C@H](C4(CC/C=C/C)OCCO4)C[C@H]1[C@@H]3C(C(=O)OC)=C2C(=O)OC. The Morgan fingerprint density at radius 2 is 1.56 bits per heavy atom. The number of esters is 2. The maximum absolute atomic E-state index is 14.9. The van der Waals surface area contributed by atoms with Crippen LogP contribution in [0.2, 0.25) is 19.6 Å². The van der Waals surface area contributed by atoms with Gasteiger partial charge < -0.3 is 28.1 Å². The lowest BCUT2D eigenvalue weighted by molar-refractivity contribution is -0.343. The summed E-state index contributed by atoms with van der Waals surface area (Å²) < 4.78 is 36.7. The Labute approximate surface area is 257 Å². The van der Waals surface area contributed by atoms with Crippen LogP contribution in [0.3, 0.4) is 0 Å². The predicted octanol–water partition coefficient (Wildman–Crippen LogP) is 5.65. The third kappa shape index (κ3) is 6.50. The van der Waals surface area contributed by atoms with Gasteiger partial charge in [0.05, 0.1) is 50.4 Å². The number of carbonyl (C=O) groups excluding carboxylic acids is 3. The normalized spacial score (nSPS) is 31.8. The van der Waals surface area contributed by atoms with E-state index in [-0.39, 0.29) is 28.8 Å². The zero-order chi connectivity index (χ0) is 31.4. The number of hydrogen-bond donors (Lipinski definition) is 0. The Bertz CT molecular complexity index is 1130. The standard InChI is InChI=1S/C33H50O9Si/c1-8-10-12-13-14-15-17-22-23-21-24(32(18-16-11-9-2)39-19-20-40-32)41-33(42-43(5,6)7)28(23)27(31(36)38-4)26(30(35)37-3)25(22)29(33)34/h8-11,22-25,28H,12-21H2,1-7H3/b10-8+,11-9+/t22-,23-,24+,25+,28-,33+/m1/s1. The van der Waals surface area contributed by atoms with Crippen molar-refractivity contribution < 1.29 is 42.5 Å². The van der Waals surface area contributed by atoms with Gasteiger partial charge in [0.1, 0.15) is 6.10 Å². The van der Waals surface area contributed by atoms with Crippen LogP contribution in [-0.2, 0) is 42.5 Å². The predicted molar refractivity (Wildman–Crippen MR) is 163 cm³/mol. The Hall–Kier alpha value is -2.11. The summed E-state index contributed by atoms with van der Waals surface area (Å²) in [6.07, 6.45) is 14.1. The van der Waals surface area contributed by atoms with Crippen molar-refractivity contribution >= 4 is 26.0 Å². The molecule has 5 aliphatic rings. The number of unbranched alkanes of at least 4 members (excludes halogenated alkanes) is 3. The van der Waals surface area contributed by atoms with Crippen LogP contribution in [0.5, 0.6) is 0 Å². The summed E-state index contributed by atoms with van der Waals surface area (Å²) in [6.45, 7) is 10.8. The molecule has 43 heavy (non-hydrogen) atoms. The average molecular weight is 619 g/mol. The minimum Gasteiger partial charge on any atom is -0.466 e. The molecule has 3 aliphatic carbocycles. The third-order valence-corrected chi connectivity index (χ3v) is 10.1. The summed E-state index contributed by atoms with van der Waals surface area (Å²) in [4.78, 5) is 41.7. The lowest BCUT2D eigenvalue weighted by atomic mass is 9.50. The molecule has 0 amide bonds. The van der Waals surface area contributed by atoms with Crippen molar-refractivity contribution in [2.75, 3.05) is 27.4 Å². The van der Waals surface area contributed by atoms with Crippen LogP contribution in [0.1, 0.15) is 65.2 Å². The van der Waals surface area contributed by atoms with Crippen molar-refractivity contribution in [3.05, 3.63) is 35.5 Å². The van der Waals surface area contributed by atoms with Gasteiger partial charge in [-0.05, 0) is 77.4 Å². The van der Waals surface area contributed by atoms with Gasteiger partial charge in [0.15, 0.2) is 19.9 Å². The first-order chi connectivity index (χ1) is 20.5. The van der Waals surface area contributed by atoms with Crippen molar-refractivity contribution in [2.45, 2.75) is 103 Å². The summed E-state index contributed by atoms with van der Waals surface area (Å²) in [5.41, 5.74) is 0.258. The Kier molecular flexibility index (Phi) is 10.9. The molecule has 0 unspecified atom stereocenters. The molecule has 0 N–H and O–H groups in total. The summed E-state index contributed by atoms with van der Waals surface area (Å²) in [7, 11) is 0.0945. The number of allylic oxidation sites excluding steroid dienone is 4. The summed E-state index contributed by atoms with van der Waals surface area (Å²) >= 11 is 0. The number of rotatable bonds is 14. The van der Waals surface area contributed by atoms with Gasteiger partial charge in [-0.25, -0.2) is 9.59 Å². The average Bonchev–Trinajstić information content (AvgIpc) is 3.45. The highest BCUT2D eigenvalue weighted by molar-refractivity contribution is 6.70. The zero-order valence-electron chi connectivity index (χ0n) is 26.9. The molecule has 3 fully saturated rings. The number of ketones is 1. The van der Waals surface area contributed by atoms with Gasteiger partial charge in [0, 0.05) is 6.42 Å². The first-order valence-corrected chi connectivity index (χ1v) is 19.2. The first kappa shape index (κ1) is 33.8.